The van der Waals surface area contributed by atoms with Gasteiger partial charge in [0, 0.05) is 24.8 Å². The number of rotatable bonds is 3. The number of benzene rings is 1. The van der Waals surface area contributed by atoms with E-state index < -0.39 is 4.92 Å². The minimum atomic E-state index is -0.549. The maximum atomic E-state index is 10.8. The van der Waals surface area contributed by atoms with Gasteiger partial charge in [-0.15, -0.1) is 0 Å². The Morgan fingerprint density at radius 3 is 2.65 bits per heavy atom. The average molecular weight is 236 g/mol. The molecule has 0 unspecified atom stereocenters. The molecule has 0 aliphatic carbocycles. The Bertz CT molecular complexity index is 441. The summed E-state index contributed by atoms with van der Waals surface area (Å²) >= 11 is 0. The Morgan fingerprint density at radius 1 is 1.35 bits per heavy atom. The van der Waals surface area contributed by atoms with E-state index in [0.29, 0.717) is 19.5 Å². The van der Waals surface area contributed by atoms with Crippen LogP contribution < -0.4 is 4.90 Å². The van der Waals surface area contributed by atoms with Crippen molar-refractivity contribution in [1.29, 1.82) is 0 Å². The molecule has 1 aliphatic rings. The van der Waals surface area contributed by atoms with Gasteiger partial charge in [-0.3, -0.25) is 14.9 Å². The second kappa shape index (κ2) is 4.92. The summed E-state index contributed by atoms with van der Waals surface area (Å²) in [7, 11) is 0. The predicted octanol–water partition coefficient (Wildman–Crippen LogP) is 1.24. The van der Waals surface area contributed by atoms with Crippen LogP contribution in [0.3, 0.4) is 0 Å². The fourth-order valence-corrected chi connectivity index (χ4v) is 1.82. The van der Waals surface area contributed by atoms with Crippen LogP contribution in [0.5, 0.6) is 0 Å². The van der Waals surface area contributed by atoms with Gasteiger partial charge in [-0.25, -0.2) is 0 Å². The summed E-state index contributed by atoms with van der Waals surface area (Å²) in [6.07, 6.45) is 0.516. The molecule has 1 saturated heterocycles. The van der Waals surface area contributed by atoms with Crippen LogP contribution >= 0.6 is 0 Å². The fraction of sp³-hybridized carbons (Fsp3) is 0.364. The number of morpholine rings is 1. The first kappa shape index (κ1) is 11.5. The Balaban J connectivity index is 2.30. The fourth-order valence-electron chi connectivity index (χ4n) is 1.82. The number of anilines is 1. The zero-order valence-corrected chi connectivity index (χ0v) is 9.17. The number of carbonyl (C=O) groups excluding carboxylic acids is 1. The molecule has 90 valence electrons. The highest BCUT2D eigenvalue weighted by atomic mass is 16.6. The number of aldehydes is 1. The first-order valence-corrected chi connectivity index (χ1v) is 5.28. The van der Waals surface area contributed by atoms with Crippen LogP contribution in [0.15, 0.2) is 18.2 Å². The van der Waals surface area contributed by atoms with Crippen LogP contribution in [-0.2, 0) is 4.74 Å². The van der Waals surface area contributed by atoms with E-state index in [-0.39, 0.29) is 11.3 Å². The number of hydrogen-bond acceptors (Lipinski definition) is 5. The van der Waals surface area contributed by atoms with E-state index in [1.165, 1.54) is 6.07 Å². The number of hydrogen-bond donors (Lipinski definition) is 0. The molecule has 0 spiro atoms. The molecule has 1 heterocycles. The maximum Gasteiger partial charge on any atom is 0.280 e. The summed E-state index contributed by atoms with van der Waals surface area (Å²) < 4.78 is 5.22. The molecule has 0 atom stereocenters. The van der Waals surface area contributed by atoms with E-state index in [4.69, 9.17) is 4.74 Å². The Hall–Kier alpha value is -1.95. The first-order chi connectivity index (χ1) is 8.22. The van der Waals surface area contributed by atoms with Gasteiger partial charge < -0.3 is 9.64 Å². The van der Waals surface area contributed by atoms with Crippen molar-refractivity contribution in [3.8, 4) is 0 Å². The maximum absolute atomic E-state index is 10.8. The van der Waals surface area contributed by atoms with Crippen molar-refractivity contribution in [1.82, 2.24) is 0 Å². The number of ether oxygens (including phenoxy) is 1. The quantitative estimate of drug-likeness (QED) is 0.448. The lowest BCUT2D eigenvalue weighted by atomic mass is 10.1. The molecule has 1 fully saturated rings. The Labute approximate surface area is 97.9 Å². The molecule has 2 rings (SSSR count). The molecule has 17 heavy (non-hydrogen) atoms. The molecule has 0 saturated carbocycles. The van der Waals surface area contributed by atoms with Gasteiger partial charge in [-0.2, -0.15) is 0 Å². The molecular formula is C11H12N2O4. The van der Waals surface area contributed by atoms with E-state index in [1.807, 2.05) is 4.90 Å². The molecule has 1 aliphatic heterocycles. The van der Waals surface area contributed by atoms with Gasteiger partial charge in [-0.05, 0) is 12.1 Å². The van der Waals surface area contributed by atoms with E-state index >= 15 is 0 Å². The molecule has 1 aromatic carbocycles. The van der Waals surface area contributed by atoms with E-state index in [1.54, 1.807) is 12.1 Å². The van der Waals surface area contributed by atoms with Crippen LogP contribution in [-0.4, -0.2) is 37.5 Å². The van der Waals surface area contributed by atoms with Gasteiger partial charge in [0.05, 0.1) is 23.7 Å². The standard InChI is InChI=1S/C11H12N2O4/c14-8-9-7-10(1-2-11(9)13(15)16)12-3-5-17-6-4-12/h1-2,7-8H,3-6H2. The average Bonchev–Trinajstić information content (AvgIpc) is 2.39. The number of nitro benzene ring substituents is 1. The molecular weight excluding hydrogens is 224 g/mol. The molecule has 0 N–H and O–H groups in total. The van der Waals surface area contributed by atoms with Crippen molar-refractivity contribution in [2.24, 2.45) is 0 Å². The zero-order valence-electron chi connectivity index (χ0n) is 9.17. The van der Waals surface area contributed by atoms with Crippen LogP contribution in [0.25, 0.3) is 0 Å². The van der Waals surface area contributed by atoms with E-state index in [2.05, 4.69) is 0 Å². The number of carbonyl (C=O) groups is 1. The second-order valence-corrected chi connectivity index (χ2v) is 3.72. The molecule has 6 nitrogen and oxygen atoms in total. The van der Waals surface area contributed by atoms with Crippen molar-refractivity contribution < 1.29 is 14.5 Å². The Morgan fingerprint density at radius 2 is 2.06 bits per heavy atom. The van der Waals surface area contributed by atoms with Crippen LogP contribution in [0.2, 0.25) is 0 Å². The summed E-state index contributed by atoms with van der Waals surface area (Å²) in [6.45, 7) is 2.73. The minimum Gasteiger partial charge on any atom is -0.378 e. The van der Waals surface area contributed by atoms with Crippen LogP contribution in [0.4, 0.5) is 11.4 Å². The van der Waals surface area contributed by atoms with Crippen molar-refractivity contribution in [3.63, 3.8) is 0 Å². The molecule has 0 radical (unpaired) electrons. The van der Waals surface area contributed by atoms with Crippen molar-refractivity contribution in [3.05, 3.63) is 33.9 Å². The zero-order chi connectivity index (χ0) is 12.3. The summed E-state index contributed by atoms with van der Waals surface area (Å²) in [5.74, 6) is 0. The molecule has 0 amide bonds. The van der Waals surface area contributed by atoms with E-state index in [9.17, 15) is 14.9 Å². The largest absolute Gasteiger partial charge is 0.378 e. The summed E-state index contributed by atoms with van der Waals surface area (Å²) in [5.41, 5.74) is 0.775. The SMILES string of the molecule is O=Cc1cc(N2CCOCC2)ccc1[N+](=O)[O-]. The van der Waals surface area contributed by atoms with Gasteiger partial charge in [-0.1, -0.05) is 0 Å². The van der Waals surface area contributed by atoms with Crippen molar-refractivity contribution >= 4 is 17.7 Å². The second-order valence-electron chi connectivity index (χ2n) is 3.72. The van der Waals surface area contributed by atoms with Gasteiger partial charge in [0.1, 0.15) is 0 Å². The topological polar surface area (TPSA) is 72.7 Å². The third-order valence-corrected chi connectivity index (χ3v) is 2.71. The van der Waals surface area contributed by atoms with Gasteiger partial charge in [0.25, 0.3) is 5.69 Å². The monoisotopic (exact) mass is 236 g/mol. The Kier molecular flexibility index (Phi) is 3.34. The number of nitrogens with zero attached hydrogens (tertiary/aromatic N) is 2. The normalized spacial score (nSPS) is 15.6. The summed E-state index contributed by atoms with van der Waals surface area (Å²) in [6, 6.07) is 4.58. The molecule has 1 aromatic rings. The third kappa shape index (κ3) is 2.42. The molecule has 0 bridgehead atoms. The lowest BCUT2D eigenvalue weighted by Crippen LogP contribution is -2.36. The van der Waals surface area contributed by atoms with E-state index in [0.717, 1.165) is 18.8 Å². The van der Waals surface area contributed by atoms with Gasteiger partial charge in [0.2, 0.25) is 0 Å². The van der Waals surface area contributed by atoms with Gasteiger partial charge in [0.15, 0.2) is 6.29 Å². The highest BCUT2D eigenvalue weighted by Gasteiger charge is 2.17. The lowest BCUT2D eigenvalue weighted by molar-refractivity contribution is -0.385. The van der Waals surface area contributed by atoms with Gasteiger partial charge >= 0.3 is 0 Å². The highest BCUT2D eigenvalue weighted by Crippen LogP contribution is 2.24. The van der Waals surface area contributed by atoms with Crippen LogP contribution in [0, 0.1) is 10.1 Å². The lowest BCUT2D eigenvalue weighted by Gasteiger charge is -2.28. The van der Waals surface area contributed by atoms with Crippen molar-refractivity contribution in [2.75, 3.05) is 31.2 Å². The first-order valence-electron chi connectivity index (χ1n) is 5.28. The highest BCUT2D eigenvalue weighted by molar-refractivity contribution is 5.83. The third-order valence-electron chi connectivity index (χ3n) is 2.71. The molecule has 6 heteroatoms. The smallest absolute Gasteiger partial charge is 0.280 e. The molecule has 0 aromatic heterocycles. The van der Waals surface area contributed by atoms with Crippen LogP contribution in [0.1, 0.15) is 10.4 Å². The summed E-state index contributed by atoms with van der Waals surface area (Å²) in [4.78, 5) is 23.0. The summed E-state index contributed by atoms with van der Waals surface area (Å²) in [5, 5.41) is 10.7. The minimum absolute atomic E-state index is 0.110. The van der Waals surface area contributed by atoms with Crippen molar-refractivity contribution in [2.45, 2.75) is 0 Å². The predicted molar refractivity (Wildman–Crippen MR) is 61.5 cm³/mol. The number of nitro groups is 1.